The number of nitrogens with one attached hydrogen (secondary N) is 2. The van der Waals surface area contributed by atoms with Crippen molar-refractivity contribution < 1.29 is 8.42 Å². The van der Waals surface area contributed by atoms with Crippen LogP contribution in [-0.4, -0.2) is 42.7 Å². The molecule has 0 aromatic carbocycles. The number of pyridine rings is 1. The minimum atomic E-state index is -3.37. The molecule has 1 atom stereocenters. The van der Waals surface area contributed by atoms with Crippen LogP contribution in [-0.2, 0) is 16.4 Å². The molecular weight excluding hydrogens is 421 g/mol. The van der Waals surface area contributed by atoms with Crippen LogP contribution in [0.2, 0.25) is 0 Å². The zero-order chi connectivity index (χ0) is 18.7. The molecule has 1 fully saturated rings. The Bertz CT molecular complexity index is 883. The Labute approximate surface area is 178 Å². The lowest BCUT2D eigenvalue weighted by Gasteiger charge is -2.24. The molecule has 0 radical (unpaired) electrons. The highest BCUT2D eigenvalue weighted by molar-refractivity contribution is 7.90. The third-order valence-electron chi connectivity index (χ3n) is 4.46. The van der Waals surface area contributed by atoms with Gasteiger partial charge in [0.15, 0.2) is 9.84 Å². The van der Waals surface area contributed by atoms with Gasteiger partial charge in [-0.3, -0.25) is 4.98 Å². The van der Waals surface area contributed by atoms with Crippen molar-refractivity contribution >= 4 is 40.6 Å². The summed E-state index contributed by atoms with van der Waals surface area (Å²) in [5, 5.41) is 6.53. The molecule has 3 heterocycles. The quantitative estimate of drug-likeness (QED) is 0.726. The highest BCUT2D eigenvalue weighted by Crippen LogP contribution is 2.28. The fourth-order valence-corrected chi connectivity index (χ4v) is 4.17. The molecule has 1 aliphatic heterocycles. The Morgan fingerprint density at radius 2 is 1.86 bits per heavy atom. The van der Waals surface area contributed by atoms with E-state index in [2.05, 4.69) is 25.6 Å². The van der Waals surface area contributed by atoms with Gasteiger partial charge in [0.05, 0.1) is 11.9 Å². The molecule has 3 rings (SSSR count). The number of sulfone groups is 1. The van der Waals surface area contributed by atoms with Crippen LogP contribution in [0.5, 0.6) is 0 Å². The van der Waals surface area contributed by atoms with Gasteiger partial charge in [-0.05, 0) is 50.9 Å². The molecule has 2 aromatic heterocycles. The number of hydrogen-bond acceptors (Lipinski definition) is 7. The number of hydrogen-bond donors (Lipinski definition) is 2. The Hall–Kier alpha value is -1.48. The van der Waals surface area contributed by atoms with Gasteiger partial charge in [0.1, 0.15) is 4.90 Å². The normalized spacial score (nSPS) is 16.6. The van der Waals surface area contributed by atoms with E-state index in [1.807, 2.05) is 26.0 Å². The first-order valence-electron chi connectivity index (χ1n) is 8.78. The van der Waals surface area contributed by atoms with E-state index in [4.69, 9.17) is 0 Å². The number of halogens is 2. The molecule has 2 N–H and O–H groups in total. The van der Waals surface area contributed by atoms with E-state index in [0.29, 0.717) is 18.2 Å². The largest absolute Gasteiger partial charge is 0.350 e. The molecule has 0 amide bonds. The van der Waals surface area contributed by atoms with E-state index in [-0.39, 0.29) is 35.6 Å². The Balaban J connectivity index is 0.00000196. The fraction of sp³-hybridized carbons (Fsp3) is 0.500. The first-order valence-corrected chi connectivity index (χ1v) is 10.7. The lowest BCUT2D eigenvalue weighted by molar-refractivity contribution is 0.448. The van der Waals surface area contributed by atoms with Gasteiger partial charge >= 0.3 is 0 Å². The summed E-state index contributed by atoms with van der Waals surface area (Å²) in [6, 6.07) is 4.02. The number of aryl methyl sites for hydroxylation is 2. The van der Waals surface area contributed by atoms with Crippen molar-refractivity contribution in [1.29, 1.82) is 0 Å². The van der Waals surface area contributed by atoms with Crippen LogP contribution in [0.3, 0.4) is 0 Å². The summed E-state index contributed by atoms with van der Waals surface area (Å²) in [4.78, 5) is 13.4. The monoisotopic (exact) mass is 447 g/mol. The number of nitrogens with zero attached hydrogens (tertiary/aromatic N) is 3. The molecule has 10 heteroatoms. The standard InChI is InChI=1S/C18H25N5O2S.2ClH/c1-12-7-14(8-13(2)22-12)9-20-18-21-11-16(26(3,24)25)17(23-18)15-5-4-6-19-10-15;;/h7-8,11,15,19H,4-6,9-10H2,1-3H3,(H,20,21,23);2*1H. The van der Waals surface area contributed by atoms with E-state index in [9.17, 15) is 8.42 Å². The first-order chi connectivity index (χ1) is 12.3. The van der Waals surface area contributed by atoms with Crippen molar-refractivity contribution in [3.63, 3.8) is 0 Å². The maximum Gasteiger partial charge on any atom is 0.223 e. The number of rotatable bonds is 5. The Morgan fingerprint density at radius 3 is 2.43 bits per heavy atom. The molecule has 28 heavy (non-hydrogen) atoms. The molecule has 0 bridgehead atoms. The van der Waals surface area contributed by atoms with Crippen LogP contribution in [0, 0.1) is 13.8 Å². The summed E-state index contributed by atoms with van der Waals surface area (Å²) in [6.45, 7) is 6.18. The highest BCUT2D eigenvalue weighted by Gasteiger charge is 2.25. The maximum absolute atomic E-state index is 12.1. The van der Waals surface area contributed by atoms with Crippen molar-refractivity contribution in [2.45, 2.75) is 44.0 Å². The topological polar surface area (TPSA) is 96.9 Å². The summed E-state index contributed by atoms with van der Waals surface area (Å²) < 4.78 is 24.3. The summed E-state index contributed by atoms with van der Waals surface area (Å²) in [5.74, 6) is 0.535. The van der Waals surface area contributed by atoms with Crippen molar-refractivity contribution in [3.05, 3.63) is 41.0 Å². The molecule has 0 aliphatic carbocycles. The van der Waals surface area contributed by atoms with E-state index < -0.39 is 9.84 Å². The first kappa shape index (κ1) is 24.6. The highest BCUT2D eigenvalue weighted by atomic mass is 35.5. The average molecular weight is 448 g/mol. The second-order valence-electron chi connectivity index (χ2n) is 6.87. The number of aromatic nitrogens is 3. The second kappa shape index (κ2) is 10.3. The summed E-state index contributed by atoms with van der Waals surface area (Å²) in [7, 11) is -3.37. The molecule has 156 valence electrons. The van der Waals surface area contributed by atoms with Gasteiger partial charge in [0.2, 0.25) is 5.95 Å². The van der Waals surface area contributed by atoms with Crippen LogP contribution < -0.4 is 10.6 Å². The minimum Gasteiger partial charge on any atom is -0.350 e. The Kier molecular flexibility index (Phi) is 9.07. The van der Waals surface area contributed by atoms with Gasteiger partial charge < -0.3 is 10.6 Å². The summed E-state index contributed by atoms with van der Waals surface area (Å²) in [5.41, 5.74) is 3.62. The van der Waals surface area contributed by atoms with Crippen molar-refractivity contribution in [2.24, 2.45) is 0 Å². The second-order valence-corrected chi connectivity index (χ2v) is 8.85. The molecule has 0 spiro atoms. The lowest BCUT2D eigenvalue weighted by atomic mass is 9.96. The van der Waals surface area contributed by atoms with Gasteiger partial charge in [-0.2, -0.15) is 0 Å². The molecule has 1 saturated heterocycles. The van der Waals surface area contributed by atoms with Crippen LogP contribution >= 0.6 is 24.8 Å². The predicted molar refractivity (Wildman–Crippen MR) is 116 cm³/mol. The van der Waals surface area contributed by atoms with Gasteiger partial charge in [0, 0.05) is 36.7 Å². The lowest BCUT2D eigenvalue weighted by Crippen LogP contribution is -2.30. The minimum absolute atomic E-state index is 0. The van der Waals surface area contributed by atoms with Crippen molar-refractivity contribution in [1.82, 2.24) is 20.3 Å². The number of piperidine rings is 1. The SMILES string of the molecule is Cc1cc(CNc2ncc(S(C)(=O)=O)c(C3CCCNC3)n2)cc(C)n1.Cl.Cl. The van der Waals surface area contributed by atoms with Crippen LogP contribution in [0.4, 0.5) is 5.95 Å². The number of anilines is 1. The third-order valence-corrected chi connectivity index (χ3v) is 5.57. The molecule has 0 saturated carbocycles. The summed E-state index contributed by atoms with van der Waals surface area (Å²) in [6.07, 6.45) is 4.57. The van der Waals surface area contributed by atoms with Crippen molar-refractivity contribution in [3.8, 4) is 0 Å². The zero-order valence-electron chi connectivity index (χ0n) is 16.2. The molecule has 2 aromatic rings. The van der Waals surface area contributed by atoms with Crippen LogP contribution in [0.15, 0.2) is 23.2 Å². The molecule has 7 nitrogen and oxygen atoms in total. The molecular formula is C18H27Cl2N5O2S. The zero-order valence-corrected chi connectivity index (χ0v) is 18.7. The smallest absolute Gasteiger partial charge is 0.223 e. The molecule has 1 aliphatic rings. The third kappa shape index (κ3) is 6.27. The van der Waals surface area contributed by atoms with E-state index in [0.717, 1.165) is 42.9 Å². The van der Waals surface area contributed by atoms with Crippen LogP contribution in [0.1, 0.15) is 41.4 Å². The predicted octanol–water partition coefficient (Wildman–Crippen LogP) is 2.81. The van der Waals surface area contributed by atoms with Crippen molar-refractivity contribution in [2.75, 3.05) is 24.7 Å². The maximum atomic E-state index is 12.1. The van der Waals surface area contributed by atoms with Gasteiger partial charge in [-0.15, -0.1) is 24.8 Å². The van der Waals surface area contributed by atoms with Gasteiger partial charge in [-0.1, -0.05) is 0 Å². The fourth-order valence-electron chi connectivity index (χ4n) is 3.34. The van der Waals surface area contributed by atoms with Gasteiger partial charge in [0.25, 0.3) is 0 Å². The Morgan fingerprint density at radius 1 is 1.18 bits per heavy atom. The van der Waals surface area contributed by atoms with E-state index in [1.165, 1.54) is 12.5 Å². The molecule has 1 unspecified atom stereocenters. The van der Waals surface area contributed by atoms with E-state index in [1.54, 1.807) is 0 Å². The van der Waals surface area contributed by atoms with Crippen LogP contribution in [0.25, 0.3) is 0 Å². The summed E-state index contributed by atoms with van der Waals surface area (Å²) >= 11 is 0. The van der Waals surface area contributed by atoms with Gasteiger partial charge in [-0.25, -0.2) is 18.4 Å². The van der Waals surface area contributed by atoms with E-state index >= 15 is 0 Å². The average Bonchev–Trinajstić information content (AvgIpc) is 2.59.